The van der Waals surface area contributed by atoms with Gasteiger partial charge >= 0.3 is 12.0 Å². The number of carbonyl (C=O) groups excluding carboxylic acids is 1. The molecule has 0 aliphatic rings. The lowest BCUT2D eigenvalue weighted by molar-refractivity contribution is -0.139. The van der Waals surface area contributed by atoms with Crippen LogP contribution in [-0.2, 0) is 11.3 Å². The molecule has 0 aromatic heterocycles. The molecule has 0 saturated carbocycles. The Morgan fingerprint density at radius 1 is 1.16 bits per heavy atom. The number of carboxylic acid groups (broad SMARTS) is 1. The average molecular weight is 372 g/mol. The van der Waals surface area contributed by atoms with Crippen LogP contribution in [0.2, 0.25) is 0 Å². The van der Waals surface area contributed by atoms with Gasteiger partial charge in [0.15, 0.2) is 11.5 Å². The zero-order chi connectivity index (χ0) is 18.8. The van der Waals surface area contributed by atoms with Gasteiger partial charge in [-0.3, -0.25) is 0 Å². The molecule has 1 aromatic carbocycles. The molecule has 1 rings (SSSR count). The highest BCUT2D eigenvalue weighted by atomic mass is 32.2. The van der Waals surface area contributed by atoms with Gasteiger partial charge in [0.2, 0.25) is 5.75 Å². The highest BCUT2D eigenvalue weighted by molar-refractivity contribution is 7.98. The maximum absolute atomic E-state index is 11.9. The van der Waals surface area contributed by atoms with E-state index < -0.39 is 18.0 Å². The summed E-state index contributed by atoms with van der Waals surface area (Å²) < 4.78 is 15.7. The van der Waals surface area contributed by atoms with Gasteiger partial charge in [0, 0.05) is 6.54 Å². The maximum Gasteiger partial charge on any atom is 0.326 e. The van der Waals surface area contributed by atoms with Crippen LogP contribution < -0.4 is 24.8 Å². The number of thioether (sulfide) groups is 1. The topological polar surface area (TPSA) is 106 Å². The minimum Gasteiger partial charge on any atom is -0.493 e. The molecule has 25 heavy (non-hydrogen) atoms. The predicted octanol–water partition coefficient (Wildman–Crippen LogP) is 1.72. The molecular formula is C16H24N2O6S. The number of amides is 2. The zero-order valence-corrected chi connectivity index (χ0v) is 15.6. The number of urea groups is 1. The quantitative estimate of drug-likeness (QED) is 0.574. The summed E-state index contributed by atoms with van der Waals surface area (Å²) in [7, 11) is 4.52. The summed E-state index contributed by atoms with van der Waals surface area (Å²) in [5.41, 5.74) is 0.723. The summed E-state index contributed by atoms with van der Waals surface area (Å²) in [5.74, 6) is 0.993. The molecule has 0 aliphatic carbocycles. The number of benzene rings is 1. The number of methoxy groups -OCH3 is 3. The lowest BCUT2D eigenvalue weighted by Crippen LogP contribution is -2.46. The summed E-state index contributed by atoms with van der Waals surface area (Å²) in [6, 6.07) is 1.95. The minimum atomic E-state index is -1.06. The van der Waals surface area contributed by atoms with Crippen molar-refractivity contribution in [2.75, 3.05) is 33.3 Å². The van der Waals surface area contributed by atoms with Gasteiger partial charge in [-0.05, 0) is 36.1 Å². The van der Waals surface area contributed by atoms with Crippen molar-refractivity contribution in [3.05, 3.63) is 17.7 Å². The fraction of sp³-hybridized carbons (Fsp3) is 0.500. The van der Waals surface area contributed by atoms with Crippen molar-refractivity contribution in [2.45, 2.75) is 19.0 Å². The second-order valence-electron chi connectivity index (χ2n) is 5.03. The van der Waals surface area contributed by atoms with Gasteiger partial charge in [-0.25, -0.2) is 9.59 Å². The Bertz CT molecular complexity index is 571. The van der Waals surface area contributed by atoms with E-state index in [0.29, 0.717) is 29.4 Å². The fourth-order valence-electron chi connectivity index (χ4n) is 2.12. The van der Waals surface area contributed by atoms with Crippen LogP contribution in [0, 0.1) is 0 Å². The Balaban J connectivity index is 2.73. The molecule has 0 saturated heterocycles. The lowest BCUT2D eigenvalue weighted by atomic mass is 10.2. The molecule has 8 nitrogen and oxygen atoms in total. The van der Waals surface area contributed by atoms with Crippen molar-refractivity contribution in [1.29, 1.82) is 0 Å². The number of rotatable bonds is 10. The van der Waals surface area contributed by atoms with Crippen LogP contribution in [0.25, 0.3) is 0 Å². The van der Waals surface area contributed by atoms with Crippen molar-refractivity contribution in [3.8, 4) is 17.2 Å². The monoisotopic (exact) mass is 372 g/mol. The standard InChI is InChI=1S/C16H24N2O6S/c1-22-12-7-10(8-13(23-2)14(12)24-3)9-17-16(21)18-11(15(19)20)5-6-25-4/h7-8,11H,5-6,9H2,1-4H3,(H,19,20)(H2,17,18,21)/t11-/m0/s1. The molecule has 0 spiro atoms. The smallest absolute Gasteiger partial charge is 0.326 e. The molecule has 0 heterocycles. The Kier molecular flexibility index (Phi) is 8.76. The van der Waals surface area contributed by atoms with E-state index in [1.807, 2.05) is 6.26 Å². The van der Waals surface area contributed by atoms with E-state index in [2.05, 4.69) is 10.6 Å². The van der Waals surface area contributed by atoms with Crippen LogP contribution in [0.1, 0.15) is 12.0 Å². The molecule has 0 radical (unpaired) electrons. The number of nitrogens with one attached hydrogen (secondary N) is 2. The maximum atomic E-state index is 11.9. The third-order valence-corrected chi connectivity index (χ3v) is 4.04. The summed E-state index contributed by atoms with van der Waals surface area (Å²) in [6.07, 6.45) is 2.23. The van der Waals surface area contributed by atoms with Gasteiger partial charge in [-0.1, -0.05) is 0 Å². The predicted molar refractivity (Wildman–Crippen MR) is 95.9 cm³/mol. The van der Waals surface area contributed by atoms with E-state index >= 15 is 0 Å². The first-order valence-electron chi connectivity index (χ1n) is 7.51. The van der Waals surface area contributed by atoms with E-state index in [1.165, 1.54) is 33.1 Å². The zero-order valence-electron chi connectivity index (χ0n) is 14.8. The fourth-order valence-corrected chi connectivity index (χ4v) is 2.59. The number of hydrogen-bond donors (Lipinski definition) is 3. The molecule has 1 aromatic rings. The molecule has 140 valence electrons. The van der Waals surface area contributed by atoms with Gasteiger partial charge in [0.05, 0.1) is 21.3 Å². The SMILES string of the molecule is COc1cc(CNC(=O)N[C@@H](CCSC)C(=O)O)cc(OC)c1OC. The molecule has 0 unspecified atom stereocenters. The van der Waals surface area contributed by atoms with Gasteiger partial charge in [-0.15, -0.1) is 0 Å². The number of hydrogen-bond acceptors (Lipinski definition) is 6. The van der Waals surface area contributed by atoms with E-state index in [1.54, 1.807) is 12.1 Å². The highest BCUT2D eigenvalue weighted by Gasteiger charge is 2.19. The van der Waals surface area contributed by atoms with Gasteiger partial charge in [0.1, 0.15) is 6.04 Å². The molecule has 3 N–H and O–H groups in total. The lowest BCUT2D eigenvalue weighted by Gasteiger charge is -2.16. The Hall–Kier alpha value is -2.29. The van der Waals surface area contributed by atoms with E-state index in [-0.39, 0.29) is 6.54 Å². The number of ether oxygens (including phenoxy) is 3. The molecule has 2 amide bonds. The third-order valence-electron chi connectivity index (χ3n) is 3.39. The highest BCUT2D eigenvalue weighted by Crippen LogP contribution is 2.38. The number of carbonyl (C=O) groups is 2. The van der Waals surface area contributed by atoms with E-state index in [9.17, 15) is 9.59 Å². The first-order chi connectivity index (χ1) is 12.0. The van der Waals surface area contributed by atoms with Gasteiger partial charge in [0.25, 0.3) is 0 Å². The van der Waals surface area contributed by atoms with Crippen LogP contribution in [0.4, 0.5) is 4.79 Å². The van der Waals surface area contributed by atoms with Crippen molar-refractivity contribution < 1.29 is 28.9 Å². The first-order valence-corrected chi connectivity index (χ1v) is 8.91. The van der Waals surface area contributed by atoms with E-state index in [0.717, 1.165) is 5.56 Å². The van der Waals surface area contributed by atoms with Crippen LogP contribution in [0.5, 0.6) is 17.2 Å². The summed E-state index contributed by atoms with van der Waals surface area (Å²) in [5, 5.41) is 14.2. The molecule has 0 fully saturated rings. The van der Waals surface area contributed by atoms with Crippen LogP contribution >= 0.6 is 11.8 Å². The Labute approximate surface area is 151 Å². The first kappa shape index (κ1) is 20.8. The minimum absolute atomic E-state index is 0.178. The van der Waals surface area contributed by atoms with Crippen LogP contribution in [-0.4, -0.2) is 56.5 Å². The van der Waals surface area contributed by atoms with Crippen molar-refractivity contribution >= 4 is 23.8 Å². The van der Waals surface area contributed by atoms with Crippen molar-refractivity contribution in [2.24, 2.45) is 0 Å². The van der Waals surface area contributed by atoms with Crippen LogP contribution in [0.3, 0.4) is 0 Å². The molecule has 9 heteroatoms. The van der Waals surface area contributed by atoms with Crippen LogP contribution in [0.15, 0.2) is 12.1 Å². The average Bonchev–Trinajstić information content (AvgIpc) is 2.61. The molecule has 0 bridgehead atoms. The largest absolute Gasteiger partial charge is 0.493 e. The molecular weight excluding hydrogens is 348 g/mol. The second kappa shape index (κ2) is 10.5. The number of aliphatic carboxylic acids is 1. The normalized spacial score (nSPS) is 11.4. The van der Waals surface area contributed by atoms with E-state index in [4.69, 9.17) is 19.3 Å². The van der Waals surface area contributed by atoms with Crippen molar-refractivity contribution in [1.82, 2.24) is 10.6 Å². The summed E-state index contributed by atoms with van der Waals surface area (Å²) >= 11 is 1.52. The Morgan fingerprint density at radius 3 is 2.20 bits per heavy atom. The van der Waals surface area contributed by atoms with Crippen molar-refractivity contribution in [3.63, 3.8) is 0 Å². The second-order valence-corrected chi connectivity index (χ2v) is 6.02. The molecule has 0 aliphatic heterocycles. The van der Waals surface area contributed by atoms with Gasteiger partial charge < -0.3 is 30.0 Å². The van der Waals surface area contributed by atoms with Gasteiger partial charge in [-0.2, -0.15) is 11.8 Å². The third kappa shape index (κ3) is 6.26. The Morgan fingerprint density at radius 2 is 1.76 bits per heavy atom. The molecule has 1 atom stereocenters. The summed E-state index contributed by atoms with van der Waals surface area (Å²) in [6.45, 7) is 0.178. The summed E-state index contributed by atoms with van der Waals surface area (Å²) in [4.78, 5) is 23.1. The number of carboxylic acids is 1.